The number of carbonyl (C=O) groups is 1. The second-order valence-electron chi connectivity index (χ2n) is 10.6. The van der Waals surface area contributed by atoms with Crippen LogP contribution in [0.15, 0.2) is 36.4 Å². The first kappa shape index (κ1) is 30.3. The first-order valence-corrected chi connectivity index (χ1v) is 14.2. The predicted octanol–water partition coefficient (Wildman–Crippen LogP) is 6.29. The number of hydrogen-bond acceptors (Lipinski definition) is 3. The van der Waals surface area contributed by atoms with Crippen molar-refractivity contribution in [2.75, 3.05) is 20.1 Å². The van der Waals surface area contributed by atoms with E-state index < -0.39 is 68.4 Å². The molecule has 0 aromatic heterocycles. The Morgan fingerprint density at radius 3 is 2.05 bits per heavy atom. The molecule has 2 aliphatic rings. The van der Waals surface area contributed by atoms with Crippen LogP contribution in [0.5, 0.6) is 0 Å². The van der Waals surface area contributed by atoms with Crippen molar-refractivity contribution >= 4 is 15.9 Å². The first-order chi connectivity index (χ1) is 18.4. The highest BCUT2D eigenvalue weighted by Gasteiger charge is 2.46. The zero-order valence-corrected chi connectivity index (χ0v) is 22.8. The summed E-state index contributed by atoms with van der Waals surface area (Å²) in [4.78, 5) is 14.9. The first-order valence-electron chi connectivity index (χ1n) is 12.7. The summed E-state index contributed by atoms with van der Waals surface area (Å²) in [5.74, 6) is -2.61. The standard InChI is InChI=1S/C27H29F7N2O3S/c1-15-10-20(28)4-7-22(15)24-14-36(40(38,39)21-5-6-21)9-8-23(24)25(37)35(3)16(2)17-11-18(26(29,30)31)13-19(12-17)27(32,33)34/h4,7,10-13,16,21,23-24H,5-6,8-9,14H2,1-3H3/t16-,23-,24+/m0/s1. The lowest BCUT2D eigenvalue weighted by Crippen LogP contribution is -2.49. The smallest absolute Gasteiger partial charge is 0.339 e. The van der Waals surface area contributed by atoms with E-state index in [2.05, 4.69) is 0 Å². The molecule has 5 nitrogen and oxygen atoms in total. The number of benzene rings is 2. The number of nitrogens with zero attached hydrogens (tertiary/aromatic N) is 2. The molecule has 1 aliphatic carbocycles. The van der Waals surface area contributed by atoms with E-state index in [1.54, 1.807) is 6.92 Å². The van der Waals surface area contributed by atoms with Crippen molar-refractivity contribution in [1.29, 1.82) is 0 Å². The molecule has 2 aromatic rings. The van der Waals surface area contributed by atoms with E-state index in [4.69, 9.17) is 0 Å². The summed E-state index contributed by atoms with van der Waals surface area (Å²) >= 11 is 0. The summed E-state index contributed by atoms with van der Waals surface area (Å²) in [7, 11) is -2.30. The summed E-state index contributed by atoms with van der Waals surface area (Å²) in [5.41, 5.74) is -2.26. The summed E-state index contributed by atoms with van der Waals surface area (Å²) in [6, 6.07) is 3.99. The van der Waals surface area contributed by atoms with Gasteiger partial charge in [-0.3, -0.25) is 4.79 Å². The third kappa shape index (κ3) is 6.14. The molecule has 0 N–H and O–H groups in total. The molecule has 1 amide bonds. The van der Waals surface area contributed by atoms with Gasteiger partial charge in [0.25, 0.3) is 0 Å². The molecule has 0 radical (unpaired) electrons. The van der Waals surface area contributed by atoms with Crippen LogP contribution in [0.1, 0.15) is 66.0 Å². The molecule has 2 aromatic carbocycles. The number of rotatable bonds is 6. The lowest BCUT2D eigenvalue weighted by atomic mass is 9.78. The molecule has 1 saturated heterocycles. The molecule has 1 saturated carbocycles. The summed E-state index contributed by atoms with van der Waals surface area (Å²) < 4.78 is 122. The molecule has 0 spiro atoms. The normalized spacial score (nSPS) is 21.8. The average Bonchev–Trinajstić information content (AvgIpc) is 3.72. The van der Waals surface area contributed by atoms with Crippen LogP contribution in [-0.4, -0.2) is 48.9 Å². The van der Waals surface area contributed by atoms with Gasteiger partial charge in [0.05, 0.1) is 22.4 Å². The summed E-state index contributed by atoms with van der Waals surface area (Å²) in [6.45, 7) is 2.95. The van der Waals surface area contributed by atoms with Crippen LogP contribution < -0.4 is 0 Å². The quantitative estimate of drug-likeness (QED) is 0.370. The van der Waals surface area contributed by atoms with Crippen LogP contribution in [0.2, 0.25) is 0 Å². The molecule has 3 atom stereocenters. The van der Waals surface area contributed by atoms with Gasteiger partial charge in [-0.25, -0.2) is 17.1 Å². The molecular weight excluding hydrogens is 565 g/mol. The fourth-order valence-electron chi connectivity index (χ4n) is 5.29. The minimum atomic E-state index is -5.04. The molecule has 0 bridgehead atoms. The maximum absolute atomic E-state index is 13.9. The lowest BCUT2D eigenvalue weighted by molar-refractivity contribution is -0.143. The highest BCUT2D eigenvalue weighted by atomic mass is 32.2. The Balaban J connectivity index is 1.68. The van der Waals surface area contributed by atoms with Crippen LogP contribution in [-0.2, 0) is 27.2 Å². The largest absolute Gasteiger partial charge is 0.416 e. The van der Waals surface area contributed by atoms with Crippen LogP contribution in [0.25, 0.3) is 0 Å². The van der Waals surface area contributed by atoms with Gasteiger partial charge in [0.2, 0.25) is 15.9 Å². The number of alkyl halides is 6. The Kier molecular flexibility index (Phi) is 8.05. The molecule has 220 valence electrons. The third-order valence-electron chi connectivity index (χ3n) is 7.85. The molecule has 0 unspecified atom stereocenters. The van der Waals surface area contributed by atoms with E-state index in [1.807, 2.05) is 0 Å². The van der Waals surface area contributed by atoms with Crippen LogP contribution in [0, 0.1) is 18.7 Å². The van der Waals surface area contributed by atoms with E-state index in [0.717, 1.165) is 4.90 Å². The molecule has 13 heteroatoms. The van der Waals surface area contributed by atoms with Crippen molar-refractivity contribution in [3.05, 3.63) is 70.0 Å². The van der Waals surface area contributed by atoms with Crippen molar-refractivity contribution in [2.45, 2.75) is 62.7 Å². The molecule has 2 fully saturated rings. The SMILES string of the molecule is Cc1cc(F)ccc1[C@H]1CN(S(=O)(=O)C2CC2)CC[C@@H]1C(=O)N(C)[C@@H](C)c1cc(C(F)(F)F)cc(C(F)(F)F)c1. The van der Waals surface area contributed by atoms with Crippen molar-refractivity contribution in [3.8, 4) is 0 Å². The summed E-state index contributed by atoms with van der Waals surface area (Å²) in [6.07, 6.45) is -8.91. The number of aryl methyl sites for hydroxylation is 1. The molecule has 40 heavy (non-hydrogen) atoms. The minimum absolute atomic E-state index is 0.0292. The molecule has 1 aliphatic heterocycles. The molecular formula is C27H29F7N2O3S. The second-order valence-corrected chi connectivity index (χ2v) is 12.8. The number of halogens is 7. The van der Waals surface area contributed by atoms with Gasteiger partial charge in [-0.2, -0.15) is 26.3 Å². The number of piperidine rings is 1. The average molecular weight is 595 g/mol. The van der Waals surface area contributed by atoms with Gasteiger partial charge < -0.3 is 4.90 Å². The Bertz CT molecular complexity index is 1360. The highest BCUT2D eigenvalue weighted by Crippen LogP contribution is 2.42. The van der Waals surface area contributed by atoms with E-state index in [0.29, 0.717) is 36.1 Å². The lowest BCUT2D eigenvalue weighted by Gasteiger charge is -2.40. The van der Waals surface area contributed by atoms with E-state index >= 15 is 0 Å². The van der Waals surface area contributed by atoms with Crippen LogP contribution in [0.3, 0.4) is 0 Å². The Morgan fingerprint density at radius 1 is 0.975 bits per heavy atom. The Morgan fingerprint density at radius 2 is 1.55 bits per heavy atom. The van der Waals surface area contributed by atoms with E-state index in [9.17, 15) is 43.9 Å². The van der Waals surface area contributed by atoms with Crippen molar-refractivity contribution in [1.82, 2.24) is 9.21 Å². The van der Waals surface area contributed by atoms with Crippen LogP contribution >= 0.6 is 0 Å². The fraction of sp³-hybridized carbons (Fsp3) is 0.519. The molecule has 1 heterocycles. The van der Waals surface area contributed by atoms with Gasteiger partial charge in [-0.15, -0.1) is 0 Å². The van der Waals surface area contributed by atoms with Gasteiger partial charge in [0.15, 0.2) is 0 Å². The highest BCUT2D eigenvalue weighted by molar-refractivity contribution is 7.90. The maximum atomic E-state index is 13.9. The fourth-order valence-corrected chi connectivity index (χ4v) is 7.17. The number of hydrogen-bond donors (Lipinski definition) is 0. The van der Waals surface area contributed by atoms with Crippen LogP contribution in [0.4, 0.5) is 30.7 Å². The van der Waals surface area contributed by atoms with Gasteiger partial charge in [0, 0.05) is 32.0 Å². The minimum Gasteiger partial charge on any atom is -0.339 e. The molecule has 4 rings (SSSR count). The van der Waals surface area contributed by atoms with E-state index in [-0.39, 0.29) is 31.1 Å². The second kappa shape index (κ2) is 10.6. The zero-order chi connectivity index (χ0) is 29.8. The number of sulfonamides is 1. The van der Waals surface area contributed by atoms with Gasteiger partial charge in [0.1, 0.15) is 5.82 Å². The van der Waals surface area contributed by atoms with Gasteiger partial charge in [-0.1, -0.05) is 6.07 Å². The maximum Gasteiger partial charge on any atom is 0.416 e. The number of carbonyl (C=O) groups excluding carboxylic acids is 1. The third-order valence-corrected chi connectivity index (χ3v) is 10.2. The zero-order valence-electron chi connectivity index (χ0n) is 22.0. The number of amides is 1. The predicted molar refractivity (Wildman–Crippen MR) is 133 cm³/mol. The van der Waals surface area contributed by atoms with Crippen molar-refractivity contribution < 1.29 is 43.9 Å². The van der Waals surface area contributed by atoms with Gasteiger partial charge in [-0.05, 0) is 80.1 Å². The van der Waals surface area contributed by atoms with Gasteiger partial charge >= 0.3 is 12.4 Å². The Labute approximate surface area is 228 Å². The summed E-state index contributed by atoms with van der Waals surface area (Å²) in [5, 5.41) is -0.485. The van der Waals surface area contributed by atoms with Crippen molar-refractivity contribution in [3.63, 3.8) is 0 Å². The topological polar surface area (TPSA) is 57.7 Å². The van der Waals surface area contributed by atoms with Crippen molar-refractivity contribution in [2.24, 2.45) is 5.92 Å². The monoisotopic (exact) mass is 594 g/mol. The van der Waals surface area contributed by atoms with E-state index in [1.165, 1.54) is 36.5 Å². The Hall–Kier alpha value is -2.67.